The van der Waals surface area contributed by atoms with Crippen LogP contribution in [-0.2, 0) is 9.09 Å². The third kappa shape index (κ3) is 4.07. The Labute approximate surface area is 144 Å². The minimum atomic E-state index is -3.47. The average molecular weight is 347 g/mol. The Bertz CT molecular complexity index is 708. The van der Waals surface area contributed by atoms with Crippen LogP contribution in [-0.4, -0.2) is 25.3 Å². The summed E-state index contributed by atoms with van der Waals surface area (Å²) in [5.41, 5.74) is 2.68. The smallest absolute Gasteiger partial charge is 0.264 e. The van der Waals surface area contributed by atoms with Crippen LogP contribution in [0.3, 0.4) is 0 Å². The standard InChI is InChI=1S/C19H26NO3P/c1-14(2)23-24(22,18-12-10-17(11-13-18)20(4)5)19(21)16-8-6-15(3)7-9-16/h6-14,19,21H,1-5H3/t19-,24+/m0/s1. The molecule has 0 radical (unpaired) electrons. The van der Waals surface area contributed by atoms with Crippen LogP contribution >= 0.6 is 7.37 Å². The molecule has 0 aliphatic heterocycles. The zero-order valence-corrected chi connectivity index (χ0v) is 15.8. The number of nitrogens with zero attached hydrogens (tertiary/aromatic N) is 1. The van der Waals surface area contributed by atoms with E-state index in [0.29, 0.717) is 10.9 Å². The van der Waals surface area contributed by atoms with Crippen LogP contribution < -0.4 is 10.2 Å². The monoisotopic (exact) mass is 347 g/mol. The van der Waals surface area contributed by atoms with Crippen molar-refractivity contribution in [2.45, 2.75) is 32.7 Å². The van der Waals surface area contributed by atoms with E-state index in [-0.39, 0.29) is 6.10 Å². The Kier molecular flexibility index (Phi) is 5.87. The molecule has 2 rings (SSSR count). The predicted molar refractivity (Wildman–Crippen MR) is 100 cm³/mol. The molecule has 2 aromatic carbocycles. The maximum atomic E-state index is 13.6. The molecule has 0 bridgehead atoms. The number of aliphatic hydroxyl groups is 1. The van der Waals surface area contributed by atoms with Crippen molar-refractivity contribution in [2.75, 3.05) is 19.0 Å². The molecule has 0 aliphatic rings. The Balaban J connectivity index is 2.45. The number of benzene rings is 2. The van der Waals surface area contributed by atoms with Gasteiger partial charge in [0.1, 0.15) is 0 Å². The number of aliphatic hydroxyl groups excluding tert-OH is 1. The van der Waals surface area contributed by atoms with Crippen molar-refractivity contribution in [3.05, 3.63) is 59.7 Å². The summed E-state index contributed by atoms with van der Waals surface area (Å²) in [5, 5.41) is 11.3. The van der Waals surface area contributed by atoms with E-state index >= 15 is 0 Å². The molecule has 130 valence electrons. The van der Waals surface area contributed by atoms with Gasteiger partial charge in [0.15, 0.2) is 5.85 Å². The lowest BCUT2D eigenvalue weighted by Gasteiger charge is -2.27. The van der Waals surface area contributed by atoms with Gasteiger partial charge >= 0.3 is 0 Å². The molecule has 0 heterocycles. The van der Waals surface area contributed by atoms with Gasteiger partial charge in [-0.25, -0.2) is 0 Å². The molecule has 5 heteroatoms. The zero-order chi connectivity index (χ0) is 17.9. The molecule has 0 saturated heterocycles. The molecule has 0 spiro atoms. The van der Waals surface area contributed by atoms with Crippen LogP contribution in [0.5, 0.6) is 0 Å². The molecular weight excluding hydrogens is 321 g/mol. The summed E-state index contributed by atoms with van der Waals surface area (Å²) in [7, 11) is 0.421. The molecule has 0 saturated carbocycles. The number of anilines is 1. The van der Waals surface area contributed by atoms with Crippen LogP contribution in [0.25, 0.3) is 0 Å². The van der Waals surface area contributed by atoms with Gasteiger partial charge in [-0.3, -0.25) is 4.57 Å². The quantitative estimate of drug-likeness (QED) is 0.800. The van der Waals surface area contributed by atoms with Crippen molar-refractivity contribution in [1.82, 2.24) is 0 Å². The Morgan fingerprint density at radius 2 is 1.54 bits per heavy atom. The molecule has 2 aromatic rings. The molecule has 0 amide bonds. The summed E-state index contributed by atoms with van der Waals surface area (Å²) in [6, 6.07) is 14.7. The lowest BCUT2D eigenvalue weighted by atomic mass is 10.2. The van der Waals surface area contributed by atoms with Crippen LogP contribution in [0.4, 0.5) is 5.69 Å². The van der Waals surface area contributed by atoms with Crippen LogP contribution in [0.1, 0.15) is 30.8 Å². The maximum absolute atomic E-state index is 13.6. The zero-order valence-electron chi connectivity index (χ0n) is 14.9. The third-order valence-electron chi connectivity index (χ3n) is 3.79. The molecule has 24 heavy (non-hydrogen) atoms. The minimum absolute atomic E-state index is 0.260. The van der Waals surface area contributed by atoms with Gasteiger partial charge in [-0.1, -0.05) is 29.8 Å². The van der Waals surface area contributed by atoms with Gasteiger partial charge in [0.2, 0.25) is 0 Å². The first-order valence-electron chi connectivity index (χ1n) is 8.04. The highest BCUT2D eigenvalue weighted by Crippen LogP contribution is 2.58. The van der Waals surface area contributed by atoms with Crippen molar-refractivity contribution in [1.29, 1.82) is 0 Å². The van der Waals surface area contributed by atoms with Gasteiger partial charge in [0.25, 0.3) is 7.37 Å². The summed E-state index contributed by atoms with van der Waals surface area (Å²) < 4.78 is 19.4. The van der Waals surface area contributed by atoms with Crippen LogP contribution in [0, 0.1) is 6.92 Å². The normalized spacial score (nSPS) is 15.1. The van der Waals surface area contributed by atoms with E-state index in [1.807, 2.05) is 64.0 Å². The van der Waals surface area contributed by atoms with E-state index in [4.69, 9.17) is 4.52 Å². The number of hydrogen-bond acceptors (Lipinski definition) is 4. The first-order chi connectivity index (χ1) is 11.2. The SMILES string of the molecule is Cc1ccc([C@@H](O)[P@](=O)(OC(C)C)c2ccc(N(C)C)cc2)cc1. The van der Waals surface area contributed by atoms with E-state index < -0.39 is 13.2 Å². The van der Waals surface area contributed by atoms with Gasteiger partial charge in [0, 0.05) is 25.1 Å². The van der Waals surface area contributed by atoms with Gasteiger partial charge in [-0.15, -0.1) is 0 Å². The maximum Gasteiger partial charge on any atom is 0.264 e. The molecule has 0 aromatic heterocycles. The van der Waals surface area contributed by atoms with Crippen molar-refractivity contribution in [3.8, 4) is 0 Å². The molecule has 4 nitrogen and oxygen atoms in total. The van der Waals surface area contributed by atoms with Gasteiger partial charge < -0.3 is 14.5 Å². The van der Waals surface area contributed by atoms with Crippen LogP contribution in [0.15, 0.2) is 48.5 Å². The Morgan fingerprint density at radius 1 is 1.00 bits per heavy atom. The predicted octanol–water partition coefficient (Wildman–Crippen LogP) is 4.08. The molecule has 2 atom stereocenters. The molecule has 0 fully saturated rings. The van der Waals surface area contributed by atoms with Gasteiger partial charge in [-0.2, -0.15) is 0 Å². The fourth-order valence-electron chi connectivity index (χ4n) is 2.47. The lowest BCUT2D eigenvalue weighted by Crippen LogP contribution is -2.18. The topological polar surface area (TPSA) is 49.8 Å². The Hall–Kier alpha value is -1.61. The van der Waals surface area contributed by atoms with E-state index in [1.165, 1.54) is 0 Å². The fourth-order valence-corrected chi connectivity index (χ4v) is 4.74. The summed E-state index contributed by atoms with van der Waals surface area (Å²) >= 11 is 0. The van der Waals surface area contributed by atoms with E-state index in [9.17, 15) is 9.67 Å². The summed E-state index contributed by atoms with van der Waals surface area (Å²) in [5.74, 6) is -1.19. The minimum Gasteiger partial charge on any atom is -0.378 e. The van der Waals surface area contributed by atoms with E-state index in [1.54, 1.807) is 24.3 Å². The second-order valence-corrected chi connectivity index (χ2v) is 8.86. The van der Waals surface area contributed by atoms with Gasteiger partial charge in [0.05, 0.1) is 6.10 Å². The van der Waals surface area contributed by atoms with Gasteiger partial charge in [-0.05, 0) is 50.6 Å². The van der Waals surface area contributed by atoms with E-state index in [2.05, 4.69) is 0 Å². The van der Waals surface area contributed by atoms with E-state index in [0.717, 1.165) is 11.3 Å². The fraction of sp³-hybridized carbons (Fsp3) is 0.368. The number of aryl methyl sites for hydroxylation is 1. The first kappa shape index (κ1) is 18.7. The second-order valence-electron chi connectivity index (χ2n) is 6.45. The average Bonchev–Trinajstić information content (AvgIpc) is 2.54. The molecule has 1 N–H and O–H groups in total. The summed E-state index contributed by atoms with van der Waals surface area (Å²) in [4.78, 5) is 1.97. The first-order valence-corrected chi connectivity index (χ1v) is 9.74. The largest absolute Gasteiger partial charge is 0.378 e. The van der Waals surface area contributed by atoms with Crippen molar-refractivity contribution >= 4 is 18.4 Å². The third-order valence-corrected chi connectivity index (χ3v) is 6.49. The second kappa shape index (κ2) is 7.52. The Morgan fingerprint density at radius 3 is 2.00 bits per heavy atom. The molecule has 0 unspecified atom stereocenters. The highest BCUT2D eigenvalue weighted by Gasteiger charge is 2.37. The molecular formula is C19H26NO3P. The van der Waals surface area contributed by atoms with Crippen molar-refractivity contribution in [3.63, 3.8) is 0 Å². The van der Waals surface area contributed by atoms with Crippen molar-refractivity contribution in [2.24, 2.45) is 0 Å². The lowest BCUT2D eigenvalue weighted by molar-refractivity contribution is 0.189. The summed E-state index contributed by atoms with van der Waals surface area (Å²) in [6.45, 7) is 5.62. The van der Waals surface area contributed by atoms with Crippen molar-refractivity contribution < 1.29 is 14.2 Å². The molecule has 0 aliphatic carbocycles. The van der Waals surface area contributed by atoms with Crippen LogP contribution in [0.2, 0.25) is 0 Å². The highest BCUT2D eigenvalue weighted by atomic mass is 31.2. The number of rotatable bonds is 6. The highest BCUT2D eigenvalue weighted by molar-refractivity contribution is 7.67. The number of hydrogen-bond donors (Lipinski definition) is 1. The summed E-state index contributed by atoms with van der Waals surface area (Å²) in [6.07, 6.45) is -0.260.